The Bertz CT molecular complexity index is 1270. The van der Waals surface area contributed by atoms with Crippen molar-refractivity contribution in [1.29, 1.82) is 0 Å². The van der Waals surface area contributed by atoms with Gasteiger partial charge in [0, 0.05) is 11.1 Å². The SMILES string of the molecule is Cc1ccc(S(=O)(=O)N(CC(=O)NC(C)CC(C)(C)c2ccccc2)c2ccc(C)c(Cl)c2)cc1. The van der Waals surface area contributed by atoms with Crippen molar-refractivity contribution in [2.24, 2.45) is 0 Å². The fourth-order valence-corrected chi connectivity index (χ4v) is 5.75. The van der Waals surface area contributed by atoms with Gasteiger partial charge >= 0.3 is 0 Å². The number of sulfonamides is 1. The standard InChI is InChI=1S/C28H33ClN2O3S/c1-20-11-15-25(16-12-20)35(33,34)31(24-14-13-21(2)26(29)17-24)19-27(32)30-22(3)18-28(4,5)23-9-7-6-8-10-23/h6-17,22H,18-19H2,1-5H3,(H,30,32). The highest BCUT2D eigenvalue weighted by molar-refractivity contribution is 7.92. The summed E-state index contributed by atoms with van der Waals surface area (Å²) in [7, 11) is -4.00. The summed E-state index contributed by atoms with van der Waals surface area (Å²) >= 11 is 6.30. The molecule has 0 saturated carbocycles. The smallest absolute Gasteiger partial charge is 0.264 e. The summed E-state index contributed by atoms with van der Waals surface area (Å²) in [4.78, 5) is 13.2. The number of carbonyl (C=O) groups excluding carboxylic acids is 1. The number of halogens is 1. The molecule has 3 aromatic rings. The van der Waals surface area contributed by atoms with Gasteiger partial charge in [-0.15, -0.1) is 0 Å². The van der Waals surface area contributed by atoms with Crippen molar-refractivity contribution in [3.05, 3.63) is 94.5 Å². The second kappa shape index (κ2) is 10.8. The maximum absolute atomic E-state index is 13.6. The largest absolute Gasteiger partial charge is 0.352 e. The van der Waals surface area contributed by atoms with E-state index in [1.54, 1.807) is 42.5 Å². The zero-order valence-corrected chi connectivity index (χ0v) is 22.5. The van der Waals surface area contributed by atoms with Gasteiger partial charge in [0.15, 0.2) is 0 Å². The second-order valence-electron chi connectivity index (χ2n) is 9.68. The van der Waals surface area contributed by atoms with Crippen LogP contribution in [0.15, 0.2) is 77.7 Å². The number of amides is 1. The topological polar surface area (TPSA) is 66.5 Å². The zero-order chi connectivity index (χ0) is 25.8. The zero-order valence-electron chi connectivity index (χ0n) is 20.9. The molecule has 0 aliphatic carbocycles. The van der Waals surface area contributed by atoms with Crippen LogP contribution in [-0.4, -0.2) is 26.9 Å². The maximum atomic E-state index is 13.6. The summed E-state index contributed by atoms with van der Waals surface area (Å²) in [5, 5.41) is 3.42. The van der Waals surface area contributed by atoms with Crippen LogP contribution in [0.3, 0.4) is 0 Å². The molecule has 0 aliphatic rings. The Kier molecular flexibility index (Phi) is 8.29. The van der Waals surface area contributed by atoms with Crippen molar-refractivity contribution in [2.45, 2.75) is 57.4 Å². The number of carbonyl (C=O) groups is 1. The number of benzene rings is 3. The Balaban J connectivity index is 1.83. The van der Waals surface area contributed by atoms with Crippen LogP contribution in [0.5, 0.6) is 0 Å². The second-order valence-corrected chi connectivity index (χ2v) is 12.0. The third kappa shape index (κ3) is 6.65. The van der Waals surface area contributed by atoms with E-state index < -0.39 is 10.0 Å². The lowest BCUT2D eigenvalue weighted by Crippen LogP contribution is -2.45. The van der Waals surface area contributed by atoms with Crippen molar-refractivity contribution in [3.8, 4) is 0 Å². The van der Waals surface area contributed by atoms with Crippen molar-refractivity contribution in [2.75, 3.05) is 10.8 Å². The van der Waals surface area contributed by atoms with Crippen molar-refractivity contribution < 1.29 is 13.2 Å². The molecule has 1 atom stereocenters. The molecule has 1 amide bonds. The predicted octanol–water partition coefficient (Wildman–Crippen LogP) is 6.02. The van der Waals surface area contributed by atoms with Gasteiger partial charge in [0.2, 0.25) is 5.91 Å². The lowest BCUT2D eigenvalue weighted by Gasteiger charge is -2.30. The van der Waals surface area contributed by atoms with Crippen molar-refractivity contribution in [1.82, 2.24) is 5.32 Å². The van der Waals surface area contributed by atoms with Crippen LogP contribution >= 0.6 is 11.6 Å². The highest BCUT2D eigenvalue weighted by Crippen LogP contribution is 2.29. The Morgan fingerprint density at radius 3 is 2.23 bits per heavy atom. The van der Waals surface area contributed by atoms with Crippen LogP contribution in [0, 0.1) is 13.8 Å². The van der Waals surface area contributed by atoms with E-state index in [1.165, 1.54) is 5.56 Å². The number of rotatable bonds is 9. The van der Waals surface area contributed by atoms with Gasteiger partial charge in [-0.2, -0.15) is 0 Å². The summed E-state index contributed by atoms with van der Waals surface area (Å²) in [6.07, 6.45) is 0.698. The Hall–Kier alpha value is -2.83. The lowest BCUT2D eigenvalue weighted by atomic mass is 9.79. The quantitative estimate of drug-likeness (QED) is 0.381. The van der Waals surface area contributed by atoms with Crippen molar-refractivity contribution in [3.63, 3.8) is 0 Å². The third-order valence-corrected chi connectivity index (χ3v) is 8.31. The normalized spacial score (nSPS) is 12.7. The monoisotopic (exact) mass is 512 g/mol. The number of hydrogen-bond acceptors (Lipinski definition) is 3. The maximum Gasteiger partial charge on any atom is 0.264 e. The summed E-state index contributed by atoms with van der Waals surface area (Å²) in [5.41, 5.74) is 3.13. The van der Waals surface area contributed by atoms with Gasteiger partial charge < -0.3 is 5.32 Å². The van der Waals surface area contributed by atoms with Crippen LogP contribution in [0.4, 0.5) is 5.69 Å². The average molecular weight is 513 g/mol. The summed E-state index contributed by atoms with van der Waals surface area (Å²) < 4.78 is 28.3. The third-order valence-electron chi connectivity index (χ3n) is 6.12. The molecule has 0 aliphatic heterocycles. The molecule has 0 spiro atoms. The predicted molar refractivity (Wildman–Crippen MR) is 144 cm³/mol. The van der Waals surface area contributed by atoms with E-state index in [4.69, 9.17) is 11.6 Å². The van der Waals surface area contributed by atoms with E-state index in [2.05, 4.69) is 31.3 Å². The number of nitrogens with zero attached hydrogens (tertiary/aromatic N) is 1. The van der Waals surface area contributed by atoms with Crippen LogP contribution in [0.1, 0.15) is 43.9 Å². The minimum atomic E-state index is -4.00. The van der Waals surface area contributed by atoms with E-state index in [1.807, 2.05) is 39.0 Å². The molecule has 5 nitrogen and oxygen atoms in total. The molecular weight excluding hydrogens is 480 g/mol. The minimum Gasteiger partial charge on any atom is -0.352 e. The van der Waals surface area contributed by atoms with Gasteiger partial charge in [-0.1, -0.05) is 79.5 Å². The number of anilines is 1. The van der Waals surface area contributed by atoms with Gasteiger partial charge in [-0.25, -0.2) is 8.42 Å². The van der Waals surface area contributed by atoms with E-state index in [9.17, 15) is 13.2 Å². The molecule has 0 bridgehead atoms. The Labute approximate surface area is 214 Å². The van der Waals surface area contributed by atoms with E-state index in [0.29, 0.717) is 17.1 Å². The van der Waals surface area contributed by atoms with Crippen LogP contribution in [0.2, 0.25) is 5.02 Å². The van der Waals surface area contributed by atoms with Gasteiger partial charge in [0.1, 0.15) is 6.54 Å². The minimum absolute atomic E-state index is 0.117. The molecule has 3 rings (SSSR count). The first kappa shape index (κ1) is 26.8. The molecular formula is C28H33ClN2O3S. The Morgan fingerprint density at radius 1 is 1.00 bits per heavy atom. The molecule has 186 valence electrons. The number of hydrogen-bond donors (Lipinski definition) is 1. The van der Waals surface area contributed by atoms with Crippen LogP contribution in [0.25, 0.3) is 0 Å². The van der Waals surface area contributed by atoms with Gasteiger partial charge in [-0.05, 0) is 68.0 Å². The molecule has 0 fully saturated rings. The molecule has 0 heterocycles. The number of nitrogens with one attached hydrogen (secondary N) is 1. The van der Waals surface area contributed by atoms with E-state index >= 15 is 0 Å². The summed E-state index contributed by atoms with van der Waals surface area (Å²) in [6, 6.07) is 21.5. The van der Waals surface area contributed by atoms with Gasteiger partial charge in [-0.3, -0.25) is 9.10 Å². The molecule has 0 aromatic heterocycles. The first-order valence-electron chi connectivity index (χ1n) is 11.6. The lowest BCUT2D eigenvalue weighted by molar-refractivity contribution is -0.120. The first-order valence-corrected chi connectivity index (χ1v) is 13.4. The summed E-state index contributed by atoms with van der Waals surface area (Å²) in [6.45, 7) is 9.57. The summed E-state index contributed by atoms with van der Waals surface area (Å²) in [5.74, 6) is -0.381. The fraction of sp³-hybridized carbons (Fsp3) is 0.321. The van der Waals surface area contributed by atoms with Crippen molar-refractivity contribution >= 4 is 33.2 Å². The fourth-order valence-electron chi connectivity index (χ4n) is 4.16. The van der Waals surface area contributed by atoms with Crippen LogP contribution in [-0.2, 0) is 20.2 Å². The molecule has 0 radical (unpaired) electrons. The van der Waals surface area contributed by atoms with Gasteiger partial charge in [0.05, 0.1) is 10.6 Å². The first-order chi connectivity index (χ1) is 16.4. The molecule has 1 N–H and O–H groups in total. The highest BCUT2D eigenvalue weighted by atomic mass is 35.5. The Morgan fingerprint density at radius 2 is 1.63 bits per heavy atom. The van der Waals surface area contributed by atoms with Gasteiger partial charge in [0.25, 0.3) is 10.0 Å². The molecule has 7 heteroatoms. The van der Waals surface area contributed by atoms with Crippen LogP contribution < -0.4 is 9.62 Å². The molecule has 1 unspecified atom stereocenters. The molecule has 35 heavy (non-hydrogen) atoms. The molecule has 3 aromatic carbocycles. The average Bonchev–Trinajstić information content (AvgIpc) is 2.80. The highest BCUT2D eigenvalue weighted by Gasteiger charge is 2.29. The van der Waals surface area contributed by atoms with E-state index in [0.717, 1.165) is 15.4 Å². The number of aryl methyl sites for hydroxylation is 2. The molecule has 0 saturated heterocycles. The van der Waals surface area contributed by atoms with E-state index in [-0.39, 0.29) is 28.8 Å².